The van der Waals surface area contributed by atoms with Crippen LogP contribution in [0.25, 0.3) is 0 Å². The van der Waals surface area contributed by atoms with Crippen LogP contribution >= 0.6 is 7.60 Å². The molecule has 0 aromatic rings. The fraction of sp³-hybridized carbons (Fsp3) is 0.800. The summed E-state index contributed by atoms with van der Waals surface area (Å²) in [5.41, 5.74) is 0. The molecule has 0 saturated carbocycles. The van der Waals surface area contributed by atoms with E-state index in [0.717, 1.165) is 5.82 Å². The smallest absolute Gasteiger partial charge is 0.348 e. The van der Waals surface area contributed by atoms with E-state index in [-0.39, 0.29) is 5.04 Å². The molecule has 0 aliphatic carbocycles. The molecule has 0 aromatic heterocycles. The summed E-state index contributed by atoms with van der Waals surface area (Å²) in [7, 11) is -5.73. The standard InChI is InChI=1S/C10H23O4PSi/c1-10(2,3)16(4,5)14-8-6-7-9-15(11,12)13/h7,9H,6,8H2,1-5H3,(H2,11,12,13). The molecule has 0 fully saturated rings. The first-order valence-electron chi connectivity index (χ1n) is 5.33. The lowest BCUT2D eigenvalue weighted by atomic mass is 10.2. The van der Waals surface area contributed by atoms with Crippen LogP contribution in [0.2, 0.25) is 18.1 Å². The lowest BCUT2D eigenvalue weighted by Crippen LogP contribution is -2.40. The van der Waals surface area contributed by atoms with Crippen LogP contribution in [0.1, 0.15) is 27.2 Å². The van der Waals surface area contributed by atoms with E-state index >= 15 is 0 Å². The van der Waals surface area contributed by atoms with E-state index in [0.29, 0.717) is 13.0 Å². The second-order valence-corrected chi connectivity index (χ2v) is 11.7. The van der Waals surface area contributed by atoms with Gasteiger partial charge >= 0.3 is 7.60 Å². The van der Waals surface area contributed by atoms with E-state index in [1.54, 1.807) is 0 Å². The van der Waals surface area contributed by atoms with Crippen molar-refractivity contribution in [2.24, 2.45) is 0 Å². The molecule has 0 radical (unpaired) electrons. The van der Waals surface area contributed by atoms with Crippen molar-refractivity contribution in [2.45, 2.75) is 45.3 Å². The number of rotatable bonds is 5. The first-order valence-corrected chi connectivity index (χ1v) is 9.91. The first-order chi connectivity index (χ1) is 6.96. The monoisotopic (exact) mass is 266 g/mol. The van der Waals surface area contributed by atoms with Crippen molar-refractivity contribution in [3.05, 3.63) is 11.9 Å². The van der Waals surface area contributed by atoms with E-state index in [4.69, 9.17) is 14.2 Å². The molecular formula is C10H23O4PSi. The van der Waals surface area contributed by atoms with Gasteiger partial charge in [-0.05, 0) is 24.6 Å². The SMILES string of the molecule is CC(C)(C)[Si](C)(C)OCCC=CP(=O)(O)O. The van der Waals surface area contributed by atoms with Gasteiger partial charge in [0.15, 0.2) is 8.32 Å². The predicted molar refractivity (Wildman–Crippen MR) is 69.0 cm³/mol. The number of hydrogen-bond acceptors (Lipinski definition) is 2. The molecule has 96 valence electrons. The fourth-order valence-electron chi connectivity index (χ4n) is 0.810. The van der Waals surface area contributed by atoms with Gasteiger partial charge in [0.2, 0.25) is 0 Å². The van der Waals surface area contributed by atoms with Gasteiger partial charge in [0, 0.05) is 12.4 Å². The van der Waals surface area contributed by atoms with Gasteiger partial charge in [0.25, 0.3) is 0 Å². The zero-order chi connectivity index (χ0) is 13.0. The Labute approximate surface area is 99.0 Å². The summed E-state index contributed by atoms with van der Waals surface area (Å²) in [6.45, 7) is 11.3. The molecule has 16 heavy (non-hydrogen) atoms. The lowest BCUT2D eigenvalue weighted by molar-refractivity contribution is 0.294. The summed E-state index contributed by atoms with van der Waals surface area (Å²) in [6.07, 6.45) is 2.02. The average molecular weight is 266 g/mol. The van der Waals surface area contributed by atoms with Gasteiger partial charge in [-0.2, -0.15) is 0 Å². The summed E-state index contributed by atoms with van der Waals surface area (Å²) in [4.78, 5) is 17.2. The quantitative estimate of drug-likeness (QED) is 0.456. The predicted octanol–water partition coefficient (Wildman–Crippen LogP) is 3.09. The first kappa shape index (κ1) is 16.1. The zero-order valence-corrected chi connectivity index (χ0v) is 12.6. The summed E-state index contributed by atoms with van der Waals surface area (Å²) < 4.78 is 16.4. The van der Waals surface area contributed by atoms with Crippen molar-refractivity contribution in [3.63, 3.8) is 0 Å². The third-order valence-corrected chi connectivity index (χ3v) is 7.99. The van der Waals surface area contributed by atoms with Crippen molar-refractivity contribution < 1.29 is 18.8 Å². The van der Waals surface area contributed by atoms with E-state index in [2.05, 4.69) is 33.9 Å². The van der Waals surface area contributed by atoms with E-state index in [1.807, 2.05) is 0 Å². The van der Waals surface area contributed by atoms with Crippen LogP contribution in [0, 0.1) is 0 Å². The largest absolute Gasteiger partial charge is 0.417 e. The molecule has 0 bridgehead atoms. The molecule has 0 spiro atoms. The normalized spacial score (nSPS) is 14.7. The maximum atomic E-state index is 10.5. The summed E-state index contributed by atoms with van der Waals surface area (Å²) in [5, 5.41) is 0.167. The molecule has 0 atom stereocenters. The molecule has 0 amide bonds. The van der Waals surface area contributed by atoms with Gasteiger partial charge in [0.05, 0.1) is 0 Å². The minimum atomic E-state index is -4.00. The van der Waals surface area contributed by atoms with Crippen molar-refractivity contribution in [3.8, 4) is 0 Å². The molecule has 0 aliphatic heterocycles. The van der Waals surface area contributed by atoms with Crippen LogP contribution in [-0.4, -0.2) is 24.7 Å². The second kappa shape index (κ2) is 5.60. The van der Waals surface area contributed by atoms with Crippen molar-refractivity contribution in [1.82, 2.24) is 0 Å². The minimum Gasteiger partial charge on any atom is -0.417 e. The molecule has 0 saturated heterocycles. The van der Waals surface area contributed by atoms with Gasteiger partial charge in [-0.25, -0.2) is 0 Å². The summed E-state index contributed by atoms with van der Waals surface area (Å²) >= 11 is 0. The highest BCUT2D eigenvalue weighted by Gasteiger charge is 2.36. The van der Waals surface area contributed by atoms with Crippen LogP contribution in [0.5, 0.6) is 0 Å². The van der Waals surface area contributed by atoms with Crippen molar-refractivity contribution in [2.75, 3.05) is 6.61 Å². The van der Waals surface area contributed by atoms with Gasteiger partial charge in [0.1, 0.15) is 0 Å². The van der Waals surface area contributed by atoms with Crippen molar-refractivity contribution >= 4 is 15.9 Å². The van der Waals surface area contributed by atoms with Crippen LogP contribution in [0.15, 0.2) is 11.9 Å². The van der Waals surface area contributed by atoms with Crippen LogP contribution < -0.4 is 0 Å². The van der Waals surface area contributed by atoms with E-state index in [1.165, 1.54) is 6.08 Å². The molecule has 2 N–H and O–H groups in total. The molecular weight excluding hydrogens is 243 g/mol. The molecule has 6 heteroatoms. The topological polar surface area (TPSA) is 66.8 Å². The third kappa shape index (κ3) is 6.61. The van der Waals surface area contributed by atoms with Crippen LogP contribution in [0.3, 0.4) is 0 Å². The van der Waals surface area contributed by atoms with Crippen LogP contribution in [0.4, 0.5) is 0 Å². The molecule has 4 nitrogen and oxygen atoms in total. The Morgan fingerprint density at radius 3 is 2.19 bits per heavy atom. The Balaban J connectivity index is 4.01. The average Bonchev–Trinajstić information content (AvgIpc) is 1.98. The lowest BCUT2D eigenvalue weighted by Gasteiger charge is -2.36. The molecule has 0 heterocycles. The zero-order valence-electron chi connectivity index (χ0n) is 10.7. The summed E-state index contributed by atoms with van der Waals surface area (Å²) in [6, 6.07) is 0. The minimum absolute atomic E-state index is 0.167. The second-order valence-electron chi connectivity index (χ2n) is 5.37. The Morgan fingerprint density at radius 2 is 1.81 bits per heavy atom. The fourth-order valence-corrected chi connectivity index (χ4v) is 2.30. The van der Waals surface area contributed by atoms with Gasteiger partial charge in [-0.1, -0.05) is 26.8 Å². The van der Waals surface area contributed by atoms with Crippen LogP contribution in [-0.2, 0) is 8.99 Å². The van der Waals surface area contributed by atoms with Crippen molar-refractivity contribution in [1.29, 1.82) is 0 Å². The maximum Gasteiger partial charge on any atom is 0.348 e. The maximum absolute atomic E-state index is 10.5. The molecule has 0 aromatic carbocycles. The van der Waals surface area contributed by atoms with Gasteiger partial charge in [-0.15, -0.1) is 0 Å². The van der Waals surface area contributed by atoms with E-state index in [9.17, 15) is 4.57 Å². The Hall–Kier alpha value is 0.0669. The number of hydrogen-bond donors (Lipinski definition) is 2. The Bertz CT molecular complexity index is 288. The Kier molecular flexibility index (Phi) is 5.63. The van der Waals surface area contributed by atoms with Gasteiger partial charge in [-0.3, -0.25) is 4.57 Å². The molecule has 0 rings (SSSR count). The molecule has 0 aliphatic rings. The third-order valence-electron chi connectivity index (χ3n) is 2.85. The highest BCUT2D eigenvalue weighted by Crippen LogP contribution is 2.37. The summed E-state index contributed by atoms with van der Waals surface area (Å²) in [5.74, 6) is 0.933. The van der Waals surface area contributed by atoms with Gasteiger partial charge < -0.3 is 14.2 Å². The molecule has 0 unspecified atom stereocenters. The van der Waals surface area contributed by atoms with E-state index < -0.39 is 15.9 Å². The highest BCUT2D eigenvalue weighted by molar-refractivity contribution is 7.55. The Morgan fingerprint density at radius 1 is 1.31 bits per heavy atom. The highest BCUT2D eigenvalue weighted by atomic mass is 31.2.